The molecule has 7 heteroatoms. The van der Waals surface area contributed by atoms with Crippen molar-refractivity contribution in [2.75, 3.05) is 20.2 Å². The zero-order chi connectivity index (χ0) is 17.8. The standard InChI is InChI=1S/C18H17N3O3S/c1-21(9-10-24-13-5-3-2-4-6-13)17(23)12-7-8-14-15(11-12)19-18(25)20-16(14)22/h2-8,11H,9-10H2,1H3,(H2,19,20,22,25). The Hall–Kier alpha value is -2.93. The summed E-state index contributed by atoms with van der Waals surface area (Å²) in [5, 5.41) is 0.459. The van der Waals surface area contributed by atoms with E-state index in [1.54, 1.807) is 30.1 Å². The molecule has 1 amide bonds. The highest BCUT2D eigenvalue weighted by atomic mass is 32.1. The van der Waals surface area contributed by atoms with Gasteiger partial charge in [-0.05, 0) is 42.5 Å². The van der Waals surface area contributed by atoms with E-state index in [2.05, 4.69) is 9.97 Å². The smallest absolute Gasteiger partial charge is 0.259 e. The summed E-state index contributed by atoms with van der Waals surface area (Å²) in [6.45, 7) is 0.832. The van der Waals surface area contributed by atoms with E-state index in [0.717, 1.165) is 5.75 Å². The van der Waals surface area contributed by atoms with Crippen LogP contribution < -0.4 is 10.3 Å². The number of H-pyrrole nitrogens is 2. The molecule has 0 radical (unpaired) electrons. The maximum atomic E-state index is 12.5. The number of carbonyl (C=O) groups excluding carboxylic acids is 1. The number of likely N-dealkylation sites (N-methyl/N-ethyl adjacent to an activating group) is 1. The summed E-state index contributed by atoms with van der Waals surface area (Å²) >= 11 is 4.97. The van der Waals surface area contributed by atoms with Gasteiger partial charge in [-0.2, -0.15) is 0 Å². The van der Waals surface area contributed by atoms with E-state index in [-0.39, 0.29) is 16.2 Å². The molecule has 25 heavy (non-hydrogen) atoms. The molecule has 0 saturated carbocycles. The second-order valence-corrected chi connectivity index (χ2v) is 5.97. The van der Waals surface area contributed by atoms with Crippen molar-refractivity contribution in [1.82, 2.24) is 14.9 Å². The van der Waals surface area contributed by atoms with Crippen molar-refractivity contribution in [2.24, 2.45) is 0 Å². The highest BCUT2D eigenvalue weighted by Gasteiger charge is 2.13. The number of ether oxygens (including phenoxy) is 1. The van der Waals surface area contributed by atoms with Crippen molar-refractivity contribution < 1.29 is 9.53 Å². The number of rotatable bonds is 5. The van der Waals surface area contributed by atoms with Crippen molar-refractivity contribution in [1.29, 1.82) is 0 Å². The Morgan fingerprint density at radius 3 is 2.68 bits per heavy atom. The van der Waals surface area contributed by atoms with E-state index >= 15 is 0 Å². The largest absolute Gasteiger partial charge is 0.492 e. The number of carbonyl (C=O) groups is 1. The van der Waals surface area contributed by atoms with Gasteiger partial charge in [-0.25, -0.2) is 0 Å². The molecule has 6 nitrogen and oxygen atoms in total. The van der Waals surface area contributed by atoms with Crippen molar-refractivity contribution >= 4 is 29.0 Å². The van der Waals surface area contributed by atoms with E-state index in [0.29, 0.717) is 29.6 Å². The molecule has 0 bridgehead atoms. The second-order valence-electron chi connectivity index (χ2n) is 5.56. The van der Waals surface area contributed by atoms with Crippen LogP contribution in [-0.4, -0.2) is 41.0 Å². The first kappa shape index (κ1) is 16.9. The molecule has 0 spiro atoms. The molecule has 0 aliphatic heterocycles. The Bertz CT molecular complexity index is 1010. The van der Waals surface area contributed by atoms with Crippen LogP contribution in [0.15, 0.2) is 53.3 Å². The number of benzene rings is 2. The zero-order valence-corrected chi connectivity index (χ0v) is 14.4. The number of hydrogen-bond donors (Lipinski definition) is 2. The van der Waals surface area contributed by atoms with Crippen LogP contribution in [-0.2, 0) is 0 Å². The normalized spacial score (nSPS) is 10.6. The Kier molecular flexibility index (Phi) is 4.95. The highest BCUT2D eigenvalue weighted by Crippen LogP contribution is 2.12. The molecular formula is C18H17N3O3S. The molecule has 0 atom stereocenters. The van der Waals surface area contributed by atoms with Crippen LogP contribution in [0, 0.1) is 4.77 Å². The number of nitrogens with zero attached hydrogens (tertiary/aromatic N) is 1. The quantitative estimate of drug-likeness (QED) is 0.690. The third kappa shape index (κ3) is 3.95. The average molecular weight is 355 g/mol. The van der Waals surface area contributed by atoms with Gasteiger partial charge in [-0.1, -0.05) is 18.2 Å². The number of nitrogens with one attached hydrogen (secondary N) is 2. The summed E-state index contributed by atoms with van der Waals surface area (Å²) in [4.78, 5) is 31.4. The fourth-order valence-corrected chi connectivity index (χ4v) is 2.64. The summed E-state index contributed by atoms with van der Waals surface area (Å²) in [6.07, 6.45) is 0. The Balaban J connectivity index is 1.70. The van der Waals surface area contributed by atoms with Crippen molar-refractivity contribution in [3.05, 3.63) is 69.2 Å². The Labute approximate surface area is 149 Å². The number of amides is 1. The molecule has 0 aliphatic rings. The maximum absolute atomic E-state index is 12.5. The minimum atomic E-state index is -0.276. The fourth-order valence-electron chi connectivity index (χ4n) is 2.44. The van der Waals surface area contributed by atoms with Crippen LogP contribution in [0.25, 0.3) is 10.9 Å². The van der Waals surface area contributed by atoms with E-state index in [9.17, 15) is 9.59 Å². The summed E-state index contributed by atoms with van der Waals surface area (Å²) in [7, 11) is 1.71. The van der Waals surface area contributed by atoms with Gasteiger partial charge in [-0.3, -0.25) is 14.6 Å². The zero-order valence-electron chi connectivity index (χ0n) is 13.6. The Morgan fingerprint density at radius 1 is 1.16 bits per heavy atom. The summed E-state index contributed by atoms with van der Waals surface area (Å²) in [5.41, 5.74) is 0.738. The van der Waals surface area contributed by atoms with Crippen molar-refractivity contribution in [2.45, 2.75) is 0 Å². The lowest BCUT2D eigenvalue weighted by molar-refractivity contribution is 0.0774. The van der Waals surface area contributed by atoms with Crippen molar-refractivity contribution in [3.63, 3.8) is 0 Å². The van der Waals surface area contributed by atoms with Gasteiger partial charge in [0.05, 0.1) is 17.4 Å². The summed E-state index contributed by atoms with van der Waals surface area (Å²) in [6, 6.07) is 14.3. The molecule has 0 fully saturated rings. The molecule has 0 unspecified atom stereocenters. The minimum absolute atomic E-state index is 0.154. The van der Waals surface area contributed by atoms with E-state index in [1.165, 1.54) is 0 Å². The first-order valence-electron chi connectivity index (χ1n) is 7.74. The van der Waals surface area contributed by atoms with Gasteiger partial charge < -0.3 is 14.6 Å². The molecule has 1 heterocycles. The predicted molar refractivity (Wildman–Crippen MR) is 98.7 cm³/mol. The lowest BCUT2D eigenvalue weighted by Gasteiger charge is -2.17. The fraction of sp³-hybridized carbons (Fsp3) is 0.167. The second kappa shape index (κ2) is 7.31. The van der Waals surface area contributed by atoms with Gasteiger partial charge in [0.15, 0.2) is 4.77 Å². The monoisotopic (exact) mass is 355 g/mol. The highest BCUT2D eigenvalue weighted by molar-refractivity contribution is 7.71. The lowest BCUT2D eigenvalue weighted by atomic mass is 10.1. The molecule has 2 aromatic carbocycles. The molecular weight excluding hydrogens is 338 g/mol. The molecule has 0 aliphatic carbocycles. The predicted octanol–water partition coefficient (Wildman–Crippen LogP) is 2.74. The van der Waals surface area contributed by atoms with Gasteiger partial charge in [0, 0.05) is 12.6 Å². The topological polar surface area (TPSA) is 78.2 Å². The van der Waals surface area contributed by atoms with Gasteiger partial charge in [0.25, 0.3) is 11.5 Å². The number of fused-ring (bicyclic) bond motifs is 1. The third-order valence-electron chi connectivity index (χ3n) is 3.77. The summed E-state index contributed by atoms with van der Waals surface area (Å²) < 4.78 is 5.83. The molecule has 3 rings (SSSR count). The Morgan fingerprint density at radius 2 is 1.92 bits per heavy atom. The first-order chi connectivity index (χ1) is 12.0. The van der Waals surface area contributed by atoms with Gasteiger partial charge in [0.1, 0.15) is 12.4 Å². The number of hydrogen-bond acceptors (Lipinski definition) is 4. The van der Waals surface area contributed by atoms with Crippen LogP contribution in [0.1, 0.15) is 10.4 Å². The SMILES string of the molecule is CN(CCOc1ccccc1)C(=O)c1ccc2c(=O)[nH]c(=S)[nH]c2c1. The van der Waals surface area contributed by atoms with Gasteiger partial charge in [0.2, 0.25) is 0 Å². The number of aromatic amines is 2. The molecule has 128 valence electrons. The molecule has 0 saturated heterocycles. The number of para-hydroxylation sites is 1. The molecule has 1 aromatic heterocycles. The van der Waals surface area contributed by atoms with Crippen molar-refractivity contribution in [3.8, 4) is 5.75 Å². The summed E-state index contributed by atoms with van der Waals surface area (Å²) in [5.74, 6) is 0.610. The van der Waals surface area contributed by atoms with E-state index in [4.69, 9.17) is 17.0 Å². The third-order valence-corrected chi connectivity index (χ3v) is 3.98. The van der Waals surface area contributed by atoms with Gasteiger partial charge >= 0.3 is 0 Å². The molecule has 3 aromatic rings. The lowest BCUT2D eigenvalue weighted by Crippen LogP contribution is -2.30. The van der Waals surface area contributed by atoms with Gasteiger partial charge in [-0.15, -0.1) is 0 Å². The van der Waals surface area contributed by atoms with Crippen LogP contribution >= 0.6 is 12.2 Å². The van der Waals surface area contributed by atoms with Crippen LogP contribution in [0.3, 0.4) is 0 Å². The number of aromatic nitrogens is 2. The van der Waals surface area contributed by atoms with E-state index < -0.39 is 0 Å². The molecule has 2 N–H and O–H groups in total. The maximum Gasteiger partial charge on any atom is 0.259 e. The van der Waals surface area contributed by atoms with Crippen LogP contribution in [0.4, 0.5) is 0 Å². The average Bonchev–Trinajstić information content (AvgIpc) is 2.61. The van der Waals surface area contributed by atoms with Crippen LogP contribution in [0.5, 0.6) is 5.75 Å². The minimum Gasteiger partial charge on any atom is -0.492 e. The van der Waals surface area contributed by atoms with Crippen LogP contribution in [0.2, 0.25) is 0 Å². The van der Waals surface area contributed by atoms with E-state index in [1.807, 2.05) is 30.3 Å². The first-order valence-corrected chi connectivity index (χ1v) is 8.15.